The summed E-state index contributed by atoms with van der Waals surface area (Å²) in [5.74, 6) is -0.869. The Balaban J connectivity index is 0.00000124. The molecule has 8 heteroatoms. The maximum Gasteiger partial charge on any atom is 0.307 e. The first-order valence-electron chi connectivity index (χ1n) is 12.6. The molecule has 208 valence electrons. The summed E-state index contributed by atoms with van der Waals surface area (Å²) in [5, 5.41) is 23.2. The number of benzene rings is 2. The van der Waals surface area contributed by atoms with E-state index in [1.165, 1.54) is 14.0 Å². The second-order valence-corrected chi connectivity index (χ2v) is 10.5. The molecule has 2 atom stereocenters. The summed E-state index contributed by atoms with van der Waals surface area (Å²) in [7, 11) is 1.50. The van der Waals surface area contributed by atoms with Crippen molar-refractivity contribution >= 4 is 28.6 Å². The molecule has 0 aliphatic carbocycles. The number of likely N-dealkylation sites (N-methyl/N-ethyl adjacent to an activating group) is 1. The molecule has 2 rings (SSSR count). The fourth-order valence-electron chi connectivity index (χ4n) is 2.89. The number of carbonyl (C=O) groups excluding carboxylic acids is 3. The maximum atomic E-state index is 12.6. The topological polar surface area (TPSA) is 125 Å². The molecule has 0 radical (unpaired) electrons. The van der Waals surface area contributed by atoms with Crippen LogP contribution in [0.1, 0.15) is 60.5 Å². The van der Waals surface area contributed by atoms with Crippen LogP contribution in [0.25, 0.3) is 10.8 Å². The Morgan fingerprint density at radius 2 is 1.51 bits per heavy atom. The van der Waals surface area contributed by atoms with Crippen molar-refractivity contribution in [1.29, 1.82) is 0 Å². The predicted octanol–water partition coefficient (Wildman–Crippen LogP) is 3.61. The molecule has 8 nitrogen and oxygen atoms in total. The first-order valence-corrected chi connectivity index (χ1v) is 12.6. The normalized spacial score (nSPS) is 12.3. The lowest BCUT2D eigenvalue weighted by molar-refractivity contribution is -0.157. The Hall–Kier alpha value is -2.97. The van der Waals surface area contributed by atoms with Gasteiger partial charge < -0.3 is 25.6 Å². The van der Waals surface area contributed by atoms with Crippen molar-refractivity contribution in [2.75, 3.05) is 20.2 Å². The highest BCUT2D eigenvalue weighted by Crippen LogP contribution is 2.21. The molecule has 0 bridgehead atoms. The summed E-state index contributed by atoms with van der Waals surface area (Å²) >= 11 is 0. The molecule has 2 aromatic rings. The van der Waals surface area contributed by atoms with Crippen LogP contribution in [0, 0.1) is 11.8 Å². The highest BCUT2D eigenvalue weighted by Gasteiger charge is 2.26. The van der Waals surface area contributed by atoms with E-state index in [1.54, 1.807) is 20.8 Å². The number of ether oxygens (including phenoxy) is 1. The number of esters is 1. The second kappa shape index (κ2) is 17.5. The van der Waals surface area contributed by atoms with Crippen LogP contribution >= 0.6 is 0 Å². The van der Waals surface area contributed by atoms with E-state index in [-0.39, 0.29) is 31.4 Å². The van der Waals surface area contributed by atoms with Gasteiger partial charge in [-0.15, -0.1) is 0 Å². The SMILES string of the molecule is CC(C)C.CC(O)CO.CNC(=O)CNC(=O)C(CC(=O)OC(C)(C)C)Cc1ccc2ccccc2c1. The van der Waals surface area contributed by atoms with Crippen molar-refractivity contribution in [2.45, 2.75) is 73.0 Å². The molecule has 0 heterocycles. The fraction of sp³-hybridized carbons (Fsp3) is 0.552. The van der Waals surface area contributed by atoms with Crippen LogP contribution in [0.3, 0.4) is 0 Å². The number of amides is 2. The Kier molecular flexibility index (Phi) is 16.1. The van der Waals surface area contributed by atoms with Gasteiger partial charge in [-0.25, -0.2) is 0 Å². The minimum absolute atomic E-state index is 0.0519. The van der Waals surface area contributed by atoms with E-state index in [4.69, 9.17) is 14.9 Å². The van der Waals surface area contributed by atoms with Crippen molar-refractivity contribution in [3.05, 3.63) is 48.0 Å². The maximum absolute atomic E-state index is 12.6. The minimum Gasteiger partial charge on any atom is -0.460 e. The molecule has 0 fully saturated rings. The van der Waals surface area contributed by atoms with Gasteiger partial charge in [0.05, 0.1) is 31.6 Å². The molecule has 37 heavy (non-hydrogen) atoms. The van der Waals surface area contributed by atoms with Crippen LogP contribution in [-0.2, 0) is 25.5 Å². The van der Waals surface area contributed by atoms with Gasteiger partial charge in [0.15, 0.2) is 0 Å². The summed E-state index contributed by atoms with van der Waals surface area (Å²) in [6, 6.07) is 13.9. The zero-order valence-corrected chi connectivity index (χ0v) is 23.6. The van der Waals surface area contributed by atoms with Gasteiger partial charge in [0.25, 0.3) is 0 Å². The smallest absolute Gasteiger partial charge is 0.307 e. The molecule has 2 amide bonds. The van der Waals surface area contributed by atoms with Crippen molar-refractivity contribution in [1.82, 2.24) is 10.6 Å². The van der Waals surface area contributed by atoms with E-state index in [2.05, 4.69) is 31.4 Å². The number of aliphatic hydroxyl groups excluding tert-OH is 2. The third-order valence-electron chi connectivity index (χ3n) is 4.47. The van der Waals surface area contributed by atoms with Crippen molar-refractivity contribution in [3.63, 3.8) is 0 Å². The monoisotopic (exact) mass is 518 g/mol. The number of rotatable bonds is 8. The Morgan fingerprint density at radius 1 is 0.973 bits per heavy atom. The lowest BCUT2D eigenvalue weighted by atomic mass is 9.93. The Bertz CT molecular complexity index is 964. The van der Waals surface area contributed by atoms with Gasteiger partial charge in [-0.1, -0.05) is 63.2 Å². The summed E-state index contributed by atoms with van der Waals surface area (Å²) in [4.78, 5) is 36.4. The average Bonchev–Trinajstić information content (AvgIpc) is 2.80. The van der Waals surface area contributed by atoms with Crippen molar-refractivity contribution in [3.8, 4) is 0 Å². The van der Waals surface area contributed by atoms with E-state index in [9.17, 15) is 14.4 Å². The van der Waals surface area contributed by atoms with E-state index in [1.807, 2.05) is 42.5 Å². The predicted molar refractivity (Wildman–Crippen MR) is 148 cm³/mol. The molecular weight excluding hydrogens is 472 g/mol. The summed E-state index contributed by atoms with van der Waals surface area (Å²) in [6.07, 6.45) is -0.233. The van der Waals surface area contributed by atoms with Crippen LogP contribution in [0.15, 0.2) is 42.5 Å². The largest absolute Gasteiger partial charge is 0.460 e. The number of carbonyl (C=O) groups is 3. The number of fused-ring (bicyclic) bond motifs is 1. The zero-order valence-electron chi connectivity index (χ0n) is 23.6. The number of hydrogen-bond donors (Lipinski definition) is 4. The molecule has 0 spiro atoms. The molecule has 0 aromatic heterocycles. The fourth-order valence-corrected chi connectivity index (χ4v) is 2.89. The van der Waals surface area contributed by atoms with Gasteiger partial charge in [0, 0.05) is 7.05 Å². The zero-order chi connectivity index (χ0) is 28.6. The van der Waals surface area contributed by atoms with Gasteiger partial charge in [-0.05, 0) is 56.4 Å². The lowest BCUT2D eigenvalue weighted by Gasteiger charge is -2.22. The third kappa shape index (κ3) is 17.2. The van der Waals surface area contributed by atoms with Gasteiger partial charge in [0.1, 0.15) is 5.60 Å². The van der Waals surface area contributed by atoms with E-state index in [0.717, 1.165) is 22.3 Å². The number of hydrogen-bond acceptors (Lipinski definition) is 6. The summed E-state index contributed by atoms with van der Waals surface area (Å²) in [6.45, 7) is 13.1. The van der Waals surface area contributed by atoms with Gasteiger partial charge in [0.2, 0.25) is 11.8 Å². The highest BCUT2D eigenvalue weighted by atomic mass is 16.6. The van der Waals surface area contributed by atoms with E-state index in [0.29, 0.717) is 6.42 Å². The molecule has 0 aliphatic rings. The van der Waals surface area contributed by atoms with Crippen molar-refractivity contribution in [2.24, 2.45) is 11.8 Å². The summed E-state index contributed by atoms with van der Waals surface area (Å²) in [5.41, 5.74) is 0.325. The van der Waals surface area contributed by atoms with Crippen LogP contribution in [0.5, 0.6) is 0 Å². The average molecular weight is 519 g/mol. The third-order valence-corrected chi connectivity index (χ3v) is 4.47. The van der Waals surface area contributed by atoms with Gasteiger partial charge in [-0.3, -0.25) is 14.4 Å². The molecule has 2 unspecified atom stereocenters. The Morgan fingerprint density at radius 3 is 2.00 bits per heavy atom. The van der Waals surface area contributed by atoms with Crippen LogP contribution < -0.4 is 10.6 Å². The molecule has 0 aliphatic heterocycles. The quantitative estimate of drug-likeness (QED) is 0.396. The molecule has 4 N–H and O–H groups in total. The molecule has 0 saturated heterocycles. The van der Waals surface area contributed by atoms with E-state index >= 15 is 0 Å². The first kappa shape index (κ1) is 34.0. The molecule has 0 saturated carbocycles. The Labute approximate surface area is 221 Å². The van der Waals surface area contributed by atoms with Crippen molar-refractivity contribution < 1.29 is 29.3 Å². The second-order valence-electron chi connectivity index (χ2n) is 10.5. The van der Waals surface area contributed by atoms with E-state index < -0.39 is 23.6 Å². The van der Waals surface area contributed by atoms with Gasteiger partial charge >= 0.3 is 5.97 Å². The molecule has 2 aromatic carbocycles. The first-order chi connectivity index (χ1) is 17.2. The van der Waals surface area contributed by atoms with Crippen LogP contribution in [-0.4, -0.2) is 59.9 Å². The number of aliphatic hydroxyl groups is 2. The highest BCUT2D eigenvalue weighted by molar-refractivity contribution is 5.88. The molecular formula is C29H46N2O6. The standard InChI is InChI=1S/C22H28N2O4.C4H10.C3H8O2/c1-22(2,3)28-20(26)13-18(21(27)24-14-19(25)23-4)12-15-9-10-16-7-5-6-8-17(16)11-15;1-4(2)3;1-3(5)2-4/h5-11,18H,12-14H2,1-4H3,(H,23,25)(H,24,27);4H,1-3H3;3-5H,2H2,1H3. The summed E-state index contributed by atoms with van der Waals surface area (Å²) < 4.78 is 5.37. The van der Waals surface area contributed by atoms with Crippen LogP contribution in [0.4, 0.5) is 0 Å². The minimum atomic E-state index is -0.624. The number of nitrogens with one attached hydrogen (secondary N) is 2. The van der Waals surface area contributed by atoms with Gasteiger partial charge in [-0.2, -0.15) is 0 Å². The van der Waals surface area contributed by atoms with Crippen LogP contribution in [0.2, 0.25) is 0 Å². The lowest BCUT2D eigenvalue weighted by Crippen LogP contribution is -2.40.